The van der Waals surface area contributed by atoms with Crippen LogP contribution in [0.2, 0.25) is 0 Å². The van der Waals surface area contributed by atoms with E-state index in [2.05, 4.69) is 63.2 Å². The molecule has 6 rings (SSSR count). The Morgan fingerprint density at radius 1 is 0.633 bits per heavy atom. The van der Waals surface area contributed by atoms with E-state index in [1.165, 1.54) is 103 Å². The third kappa shape index (κ3) is 11.3. The zero-order valence-corrected chi connectivity index (χ0v) is 33.4. The van der Waals surface area contributed by atoms with Crippen LogP contribution in [0.25, 0.3) is 22.3 Å². The average molecular weight is 786 g/mol. The van der Waals surface area contributed by atoms with Gasteiger partial charge in [0.1, 0.15) is 0 Å². The molecule has 1 nitrogen and oxygen atoms in total. The summed E-state index contributed by atoms with van der Waals surface area (Å²) < 4.78 is 0. The monoisotopic (exact) mass is 784 g/mol. The van der Waals surface area contributed by atoms with Crippen molar-refractivity contribution in [3.8, 4) is 22.3 Å². The minimum atomic E-state index is -0.150. The summed E-state index contributed by atoms with van der Waals surface area (Å²) >= 11 is 0. The molecule has 0 unspecified atom stereocenters. The van der Waals surface area contributed by atoms with Gasteiger partial charge in [-0.2, -0.15) is 24.3 Å². The van der Waals surface area contributed by atoms with Gasteiger partial charge in [-0.05, 0) is 73.6 Å². The van der Waals surface area contributed by atoms with Crippen LogP contribution in [0.5, 0.6) is 0 Å². The van der Waals surface area contributed by atoms with E-state index >= 15 is 0 Å². The van der Waals surface area contributed by atoms with E-state index in [0.717, 1.165) is 28.1 Å². The molecule has 0 saturated heterocycles. The molecule has 0 atom stereocenters. The average Bonchev–Trinajstić information content (AvgIpc) is 3.11. The van der Waals surface area contributed by atoms with Crippen LogP contribution in [-0.2, 0) is 39.7 Å². The zero-order chi connectivity index (χ0) is 32.8. The van der Waals surface area contributed by atoms with E-state index < -0.39 is 0 Å². The van der Waals surface area contributed by atoms with Crippen molar-refractivity contribution >= 4 is 18.9 Å². The Hall–Kier alpha value is -1.94. The maximum atomic E-state index is 5.83. The topological polar surface area (TPSA) is 26.0 Å². The second-order valence-electron chi connectivity index (χ2n) is 13.8. The first-order chi connectivity index (χ1) is 23.1. The van der Waals surface area contributed by atoms with E-state index in [-0.39, 0.29) is 40.8 Å². The van der Waals surface area contributed by atoms with Gasteiger partial charge < -0.3 is 18.1 Å². The maximum Gasteiger partial charge on any atom is 0 e. The standard InChI is InChI=1S/C33H48P.C12H10N.ClH.Pd/c1-4-15-26-24-27(16-5-2)33(28(25-26)17-6-3)31-22-13-14-23-32(31)34(29-18-9-7-10-19-29)30-20-11-8-12-21-30;13-12-9-5-4-8-11(12)10-6-2-1-3-7-10;;/h13-14,22,24-25,29-30H,4-12,15-21H2,1-3H3;1-6,8-9H,13H2;1H;/q2*-1;;/p-1. The molecule has 0 aliphatic heterocycles. The van der Waals surface area contributed by atoms with E-state index in [1.54, 1.807) is 33.1 Å². The third-order valence-electron chi connectivity index (χ3n) is 10.2. The number of nitrogen functional groups attached to an aromatic ring is 1. The van der Waals surface area contributed by atoms with Crippen molar-refractivity contribution in [1.82, 2.24) is 0 Å². The molecule has 0 heterocycles. The molecule has 2 N–H and O–H groups in total. The molecule has 2 aliphatic rings. The number of hydrogen-bond donors (Lipinski definition) is 1. The minimum absolute atomic E-state index is 0. The Morgan fingerprint density at radius 3 is 1.69 bits per heavy atom. The minimum Gasteiger partial charge on any atom is -1.00 e. The van der Waals surface area contributed by atoms with Crippen LogP contribution in [0.15, 0.2) is 78.9 Å². The molecular weight excluding hydrogens is 727 g/mol. The van der Waals surface area contributed by atoms with Crippen molar-refractivity contribution < 1.29 is 32.8 Å². The summed E-state index contributed by atoms with van der Waals surface area (Å²) in [4.78, 5) is 0. The summed E-state index contributed by atoms with van der Waals surface area (Å²) in [5, 5.41) is 1.65. The van der Waals surface area contributed by atoms with E-state index in [9.17, 15) is 0 Å². The molecule has 0 radical (unpaired) electrons. The van der Waals surface area contributed by atoms with Crippen LogP contribution >= 0.6 is 7.92 Å². The number of anilines is 1. The molecule has 2 aliphatic carbocycles. The summed E-state index contributed by atoms with van der Waals surface area (Å²) in [5.74, 6) is 0. The number of aryl methyl sites for hydroxylation is 3. The molecular formula is C45H58ClNPPd-3. The molecule has 0 bridgehead atoms. The number of hydrogen-bond acceptors (Lipinski definition) is 1. The maximum absolute atomic E-state index is 5.83. The van der Waals surface area contributed by atoms with Crippen molar-refractivity contribution in [2.75, 3.05) is 5.73 Å². The normalized spacial score (nSPS) is 15.1. The first kappa shape index (κ1) is 41.5. The first-order valence-corrected chi connectivity index (χ1v) is 20.4. The first-order valence-electron chi connectivity index (χ1n) is 18.9. The van der Waals surface area contributed by atoms with Gasteiger partial charge in [-0.1, -0.05) is 139 Å². The Morgan fingerprint density at radius 2 is 1.16 bits per heavy atom. The van der Waals surface area contributed by atoms with Crippen molar-refractivity contribution in [2.45, 2.75) is 135 Å². The second kappa shape index (κ2) is 22.1. The molecule has 0 amide bonds. The summed E-state index contributed by atoms with van der Waals surface area (Å²) in [6.07, 6.45) is 21.8. The Bertz CT molecular complexity index is 1460. The molecule has 2 saturated carbocycles. The number of rotatable bonds is 11. The third-order valence-corrected chi connectivity index (χ3v) is 13.7. The zero-order valence-electron chi connectivity index (χ0n) is 30.2. The van der Waals surface area contributed by atoms with Gasteiger partial charge in [0.25, 0.3) is 0 Å². The molecule has 0 aromatic heterocycles. The van der Waals surface area contributed by atoms with Crippen LogP contribution in [0.3, 0.4) is 0 Å². The summed E-state index contributed by atoms with van der Waals surface area (Å²) in [5.41, 5.74) is 18.5. The Kier molecular flexibility index (Phi) is 18.7. The summed E-state index contributed by atoms with van der Waals surface area (Å²) in [7, 11) is -0.150. The van der Waals surface area contributed by atoms with Crippen molar-refractivity contribution in [1.29, 1.82) is 0 Å². The second-order valence-corrected chi connectivity index (χ2v) is 16.5. The van der Waals surface area contributed by atoms with E-state index in [4.69, 9.17) is 5.73 Å². The molecule has 4 aromatic rings. The van der Waals surface area contributed by atoms with Gasteiger partial charge >= 0.3 is 0 Å². The van der Waals surface area contributed by atoms with Crippen molar-refractivity contribution in [3.63, 3.8) is 0 Å². The Balaban J connectivity index is 0.000000364. The van der Waals surface area contributed by atoms with Gasteiger partial charge in [0.15, 0.2) is 0 Å². The predicted molar refractivity (Wildman–Crippen MR) is 208 cm³/mol. The molecule has 4 heteroatoms. The molecule has 268 valence electrons. The summed E-state index contributed by atoms with van der Waals surface area (Å²) in [6, 6.07) is 34.9. The van der Waals surface area contributed by atoms with Gasteiger partial charge in [0, 0.05) is 20.4 Å². The van der Waals surface area contributed by atoms with Gasteiger partial charge in [-0.3, -0.25) is 0 Å². The SMILES string of the molecule is CCCc1cc(CCC)c(-c2ccc[c-]c2P(C2CCCCC2)C2CCCCC2)c(CCC)c1.Nc1ccccc1-c1[c-]cccc1.[Cl-].[Pd]. The fourth-order valence-electron chi connectivity index (χ4n) is 8.08. The predicted octanol–water partition coefficient (Wildman–Crippen LogP) is 9.52. The number of benzene rings is 4. The van der Waals surface area contributed by atoms with Gasteiger partial charge in [0.05, 0.1) is 0 Å². The fourth-order valence-corrected chi connectivity index (χ4v) is 11.9. The van der Waals surface area contributed by atoms with Crippen LogP contribution in [-0.4, -0.2) is 11.3 Å². The van der Waals surface area contributed by atoms with Gasteiger partial charge in [-0.25, -0.2) is 0 Å². The van der Waals surface area contributed by atoms with Crippen LogP contribution in [0.1, 0.15) is 121 Å². The quantitative estimate of drug-likeness (QED) is 0.0698. The van der Waals surface area contributed by atoms with Crippen LogP contribution in [0.4, 0.5) is 5.69 Å². The Labute approximate surface area is 320 Å². The number of halogens is 1. The number of nitrogens with two attached hydrogens (primary N) is 1. The fraction of sp³-hybridized carbons (Fsp3) is 0.467. The number of para-hydroxylation sites is 1. The largest absolute Gasteiger partial charge is 1.00 e. The van der Waals surface area contributed by atoms with Crippen molar-refractivity contribution in [3.05, 3.63) is 108 Å². The summed E-state index contributed by atoms with van der Waals surface area (Å²) in [6.45, 7) is 7.02. The van der Waals surface area contributed by atoms with Gasteiger partial charge in [-0.15, -0.1) is 46.8 Å². The van der Waals surface area contributed by atoms with Crippen LogP contribution in [0, 0.1) is 12.1 Å². The van der Waals surface area contributed by atoms with Gasteiger partial charge in [0.2, 0.25) is 0 Å². The smallest absolute Gasteiger partial charge is 0 e. The van der Waals surface area contributed by atoms with Crippen molar-refractivity contribution in [2.24, 2.45) is 0 Å². The van der Waals surface area contributed by atoms with E-state index in [1.807, 2.05) is 48.5 Å². The molecule has 4 aromatic carbocycles. The molecule has 0 spiro atoms. The molecule has 49 heavy (non-hydrogen) atoms. The van der Waals surface area contributed by atoms with Crippen LogP contribution < -0.4 is 23.4 Å². The molecule has 2 fully saturated rings. The van der Waals surface area contributed by atoms with E-state index in [0.29, 0.717) is 0 Å².